The first-order valence-electron chi connectivity index (χ1n) is 9.59. The van der Waals surface area contributed by atoms with Crippen molar-refractivity contribution in [1.82, 2.24) is 9.97 Å². The third-order valence-electron chi connectivity index (χ3n) is 4.83. The maximum atomic E-state index is 4.60. The van der Waals surface area contributed by atoms with E-state index in [1.54, 1.807) is 7.05 Å². The number of benzene rings is 1. The van der Waals surface area contributed by atoms with E-state index in [4.69, 9.17) is 0 Å². The number of rotatable bonds is 6. The second-order valence-corrected chi connectivity index (χ2v) is 7.14. The Balaban J connectivity index is 0.00000126. The van der Waals surface area contributed by atoms with Gasteiger partial charge in [0.05, 0.1) is 11.4 Å². The molecule has 0 bridgehead atoms. The zero-order valence-electron chi connectivity index (χ0n) is 17.4. The maximum Gasteiger partial charge on any atom is 0.222 e. The second kappa shape index (κ2) is 8.89. The fraction of sp³-hybridized carbons (Fsp3) is 0.455. The predicted molar refractivity (Wildman–Crippen MR) is 114 cm³/mol. The van der Waals surface area contributed by atoms with Gasteiger partial charge in [-0.3, -0.25) is 0 Å². The van der Waals surface area contributed by atoms with Crippen LogP contribution in [-0.2, 0) is 0 Å². The molecule has 0 amide bonds. The highest BCUT2D eigenvalue weighted by Gasteiger charge is 2.36. The molecule has 1 saturated carbocycles. The molecule has 2 aromatic rings. The second-order valence-electron chi connectivity index (χ2n) is 7.14. The average Bonchev–Trinajstić information content (AvgIpc) is 3.41. The highest BCUT2D eigenvalue weighted by Crippen LogP contribution is 2.44. The van der Waals surface area contributed by atoms with Crippen molar-refractivity contribution in [3.63, 3.8) is 0 Å². The third kappa shape index (κ3) is 5.22. The van der Waals surface area contributed by atoms with Gasteiger partial charge in [0.1, 0.15) is 0 Å². The predicted octanol–water partition coefficient (Wildman–Crippen LogP) is 6.11. The van der Waals surface area contributed by atoms with Crippen molar-refractivity contribution in [2.75, 3.05) is 18.9 Å². The van der Waals surface area contributed by atoms with E-state index in [0.29, 0.717) is 11.4 Å². The van der Waals surface area contributed by atoms with Gasteiger partial charge in [-0.25, -0.2) is 9.97 Å². The van der Waals surface area contributed by atoms with Crippen LogP contribution in [0.25, 0.3) is 5.57 Å². The first-order valence-corrected chi connectivity index (χ1v) is 9.59. The molecule has 0 radical (unpaired) electrons. The fourth-order valence-corrected chi connectivity index (χ4v) is 2.75. The van der Waals surface area contributed by atoms with Gasteiger partial charge < -0.3 is 5.32 Å². The molecule has 3 rings (SSSR count). The lowest BCUT2D eigenvalue weighted by Crippen LogP contribution is -2.14. The molecule has 0 atom stereocenters. The van der Waals surface area contributed by atoms with Crippen LogP contribution in [0.2, 0.25) is 0 Å². The highest BCUT2D eigenvalue weighted by atomic mass is 15.1. The van der Waals surface area contributed by atoms with Crippen molar-refractivity contribution in [3.05, 3.63) is 53.4 Å². The van der Waals surface area contributed by atoms with Crippen molar-refractivity contribution >= 4 is 17.2 Å². The normalized spacial score (nSPS) is 14.4. The Morgan fingerprint density at radius 1 is 1.26 bits per heavy atom. The van der Waals surface area contributed by atoms with Crippen molar-refractivity contribution in [2.24, 2.45) is 15.6 Å². The SMILES string of the molecule is C=C(c1ccc(N=NC)c(C)c1)c1cnc(NCC2(C)CC2)nc1C.CC. The quantitative estimate of drug-likeness (QED) is 0.628. The summed E-state index contributed by atoms with van der Waals surface area (Å²) >= 11 is 0. The van der Waals surface area contributed by atoms with E-state index >= 15 is 0 Å². The lowest BCUT2D eigenvalue weighted by molar-refractivity contribution is 0.607. The van der Waals surface area contributed by atoms with Crippen LogP contribution in [0, 0.1) is 19.3 Å². The zero-order chi connectivity index (χ0) is 20.0. The van der Waals surface area contributed by atoms with Crippen molar-refractivity contribution in [2.45, 2.75) is 47.5 Å². The van der Waals surface area contributed by atoms with Gasteiger partial charge in [-0.15, -0.1) is 0 Å². The molecule has 0 unspecified atom stereocenters. The summed E-state index contributed by atoms with van der Waals surface area (Å²) in [6, 6.07) is 6.05. The Hall–Kier alpha value is -2.56. The number of aryl methyl sites for hydroxylation is 2. The summed E-state index contributed by atoms with van der Waals surface area (Å²) in [5.41, 5.74) is 6.23. The molecule has 1 aliphatic carbocycles. The minimum absolute atomic E-state index is 0.425. The van der Waals surface area contributed by atoms with E-state index in [1.807, 2.05) is 46.0 Å². The average molecular weight is 366 g/mol. The number of azo groups is 1. The number of anilines is 1. The summed E-state index contributed by atoms with van der Waals surface area (Å²) in [4.78, 5) is 9.07. The summed E-state index contributed by atoms with van der Waals surface area (Å²) in [6.07, 6.45) is 4.42. The van der Waals surface area contributed by atoms with Gasteiger partial charge in [0, 0.05) is 25.4 Å². The van der Waals surface area contributed by atoms with Crippen LogP contribution in [0.4, 0.5) is 11.6 Å². The molecule has 0 spiro atoms. The Labute approximate surface area is 163 Å². The zero-order valence-corrected chi connectivity index (χ0v) is 17.4. The van der Waals surface area contributed by atoms with E-state index in [2.05, 4.69) is 45.1 Å². The van der Waals surface area contributed by atoms with Crippen LogP contribution in [0.3, 0.4) is 0 Å². The van der Waals surface area contributed by atoms with Crippen LogP contribution < -0.4 is 5.32 Å². The largest absolute Gasteiger partial charge is 0.354 e. The number of hydrogen-bond acceptors (Lipinski definition) is 5. The Morgan fingerprint density at radius 3 is 2.52 bits per heavy atom. The Bertz CT molecular complexity index is 835. The number of nitrogens with one attached hydrogen (secondary N) is 1. The van der Waals surface area contributed by atoms with Crippen LogP contribution in [0.1, 0.15) is 56.0 Å². The smallest absolute Gasteiger partial charge is 0.222 e. The molecule has 27 heavy (non-hydrogen) atoms. The molecule has 1 aromatic carbocycles. The first kappa shape index (κ1) is 20.7. The maximum absolute atomic E-state index is 4.60. The standard InChI is InChI=1S/C20H25N5.C2H6/c1-13-10-16(6-7-18(13)25-21-5)14(2)17-11-22-19(24-15(17)3)23-12-20(4)8-9-20;1-2/h6-7,10-11H,2,8-9,12H2,1,3-5H3,(H,22,23,24);1-2H3. The van der Waals surface area contributed by atoms with E-state index in [1.165, 1.54) is 12.8 Å². The molecule has 1 heterocycles. The molecule has 1 aliphatic rings. The number of nitrogens with zero attached hydrogens (tertiary/aromatic N) is 4. The van der Waals surface area contributed by atoms with E-state index in [-0.39, 0.29) is 0 Å². The molecule has 0 saturated heterocycles. The molecular formula is C22H31N5. The monoisotopic (exact) mass is 365 g/mol. The Morgan fingerprint density at radius 2 is 1.96 bits per heavy atom. The molecule has 5 nitrogen and oxygen atoms in total. The van der Waals surface area contributed by atoms with Gasteiger partial charge in [0.25, 0.3) is 0 Å². The summed E-state index contributed by atoms with van der Waals surface area (Å²) in [6.45, 7) is 15.5. The topological polar surface area (TPSA) is 62.5 Å². The number of hydrogen-bond donors (Lipinski definition) is 1. The molecule has 1 N–H and O–H groups in total. The lowest BCUT2D eigenvalue weighted by atomic mass is 9.98. The van der Waals surface area contributed by atoms with Gasteiger partial charge in [0.15, 0.2) is 0 Å². The van der Waals surface area contributed by atoms with Crippen molar-refractivity contribution < 1.29 is 0 Å². The minimum atomic E-state index is 0.425. The molecule has 5 heteroatoms. The van der Waals surface area contributed by atoms with Crippen molar-refractivity contribution in [1.29, 1.82) is 0 Å². The minimum Gasteiger partial charge on any atom is -0.354 e. The summed E-state index contributed by atoms with van der Waals surface area (Å²) in [5, 5.41) is 11.3. The van der Waals surface area contributed by atoms with Crippen molar-refractivity contribution in [3.8, 4) is 0 Å². The lowest BCUT2D eigenvalue weighted by Gasteiger charge is -2.13. The summed E-state index contributed by atoms with van der Waals surface area (Å²) in [7, 11) is 1.67. The molecule has 1 aromatic heterocycles. The highest BCUT2D eigenvalue weighted by molar-refractivity contribution is 5.80. The Kier molecular flexibility index (Phi) is 6.83. The van der Waals surface area contributed by atoms with Crippen LogP contribution in [-0.4, -0.2) is 23.6 Å². The van der Waals surface area contributed by atoms with E-state index < -0.39 is 0 Å². The van der Waals surface area contributed by atoms with Gasteiger partial charge in [0.2, 0.25) is 5.95 Å². The van der Waals surface area contributed by atoms with Crippen LogP contribution in [0.5, 0.6) is 0 Å². The molecule has 0 aliphatic heterocycles. The summed E-state index contributed by atoms with van der Waals surface area (Å²) < 4.78 is 0. The fourth-order valence-electron chi connectivity index (χ4n) is 2.75. The van der Waals surface area contributed by atoms with E-state index in [9.17, 15) is 0 Å². The number of aromatic nitrogens is 2. The third-order valence-corrected chi connectivity index (χ3v) is 4.83. The van der Waals surface area contributed by atoms with Crippen LogP contribution >= 0.6 is 0 Å². The van der Waals surface area contributed by atoms with Gasteiger partial charge in [-0.05, 0) is 60.9 Å². The summed E-state index contributed by atoms with van der Waals surface area (Å²) in [5.74, 6) is 0.692. The van der Waals surface area contributed by atoms with Gasteiger partial charge >= 0.3 is 0 Å². The molecule has 1 fully saturated rings. The van der Waals surface area contributed by atoms with Crippen LogP contribution in [0.15, 0.2) is 41.2 Å². The first-order chi connectivity index (χ1) is 12.9. The van der Waals surface area contributed by atoms with Gasteiger partial charge in [-0.2, -0.15) is 10.2 Å². The molecular weight excluding hydrogens is 334 g/mol. The van der Waals surface area contributed by atoms with Gasteiger partial charge in [-0.1, -0.05) is 33.4 Å². The molecule has 144 valence electrons. The van der Waals surface area contributed by atoms with E-state index in [0.717, 1.165) is 40.2 Å².